The van der Waals surface area contributed by atoms with E-state index in [0.29, 0.717) is 11.6 Å². The van der Waals surface area contributed by atoms with Crippen molar-refractivity contribution < 1.29 is 26.4 Å². The summed E-state index contributed by atoms with van der Waals surface area (Å²) in [7, 11) is -4.38. The molecular weight excluding hydrogens is 441 g/mol. The summed E-state index contributed by atoms with van der Waals surface area (Å²) in [6, 6.07) is 14.2. The van der Waals surface area contributed by atoms with Crippen molar-refractivity contribution in [1.29, 1.82) is 0 Å². The highest BCUT2D eigenvalue weighted by Crippen LogP contribution is 2.19. The number of hydrogen-bond donors (Lipinski definition) is 2. The Balaban J connectivity index is 1.86. The molecule has 0 aliphatic heterocycles. The van der Waals surface area contributed by atoms with Crippen LogP contribution in [0.15, 0.2) is 77.7 Å². The molecule has 0 aliphatic rings. The van der Waals surface area contributed by atoms with Crippen molar-refractivity contribution >= 4 is 15.9 Å². The van der Waals surface area contributed by atoms with Crippen LogP contribution in [-0.2, 0) is 21.2 Å². The number of nitrogens with one attached hydrogen (secondary N) is 2. The number of rotatable bonds is 8. The third-order valence-corrected chi connectivity index (χ3v) is 6.32. The number of halogens is 3. The molecule has 0 bridgehead atoms. The molecular formula is C23H21F3N2O3S. The van der Waals surface area contributed by atoms with Crippen LogP contribution in [0.1, 0.15) is 24.1 Å². The first-order chi connectivity index (χ1) is 15.2. The van der Waals surface area contributed by atoms with Gasteiger partial charge in [0, 0.05) is 11.6 Å². The minimum Gasteiger partial charge on any atom is -0.348 e. The van der Waals surface area contributed by atoms with Crippen molar-refractivity contribution in [3.05, 3.63) is 101 Å². The van der Waals surface area contributed by atoms with Crippen LogP contribution in [0.2, 0.25) is 0 Å². The quantitative estimate of drug-likeness (QED) is 0.534. The molecule has 3 aromatic rings. The molecule has 0 spiro atoms. The molecule has 0 fully saturated rings. The van der Waals surface area contributed by atoms with Gasteiger partial charge in [-0.3, -0.25) is 4.79 Å². The van der Waals surface area contributed by atoms with E-state index in [0.717, 1.165) is 18.2 Å². The molecule has 9 heteroatoms. The molecule has 1 amide bonds. The van der Waals surface area contributed by atoms with E-state index in [9.17, 15) is 26.4 Å². The van der Waals surface area contributed by atoms with Gasteiger partial charge < -0.3 is 5.32 Å². The number of amides is 1. The lowest BCUT2D eigenvalue weighted by Crippen LogP contribution is -2.48. The molecule has 0 saturated carbocycles. The molecule has 0 radical (unpaired) electrons. The predicted molar refractivity (Wildman–Crippen MR) is 114 cm³/mol. The van der Waals surface area contributed by atoms with Crippen LogP contribution in [-0.4, -0.2) is 20.4 Å². The van der Waals surface area contributed by atoms with Gasteiger partial charge in [-0.25, -0.2) is 21.6 Å². The first-order valence-corrected chi connectivity index (χ1v) is 11.2. The highest BCUT2D eigenvalue weighted by atomic mass is 32.2. The number of carbonyl (C=O) groups is 1. The Morgan fingerprint density at radius 2 is 1.56 bits per heavy atom. The van der Waals surface area contributed by atoms with Crippen LogP contribution in [0.4, 0.5) is 13.2 Å². The van der Waals surface area contributed by atoms with E-state index in [2.05, 4.69) is 10.0 Å². The van der Waals surface area contributed by atoms with E-state index in [1.807, 2.05) is 0 Å². The maximum absolute atomic E-state index is 14.1. The molecule has 0 heterocycles. The minimum atomic E-state index is -4.38. The summed E-state index contributed by atoms with van der Waals surface area (Å²) in [5.41, 5.74) is 0.694. The van der Waals surface area contributed by atoms with Gasteiger partial charge in [-0.05, 0) is 37.1 Å². The van der Waals surface area contributed by atoms with E-state index >= 15 is 0 Å². The van der Waals surface area contributed by atoms with Gasteiger partial charge in [0.05, 0.1) is 6.04 Å². The van der Waals surface area contributed by atoms with Gasteiger partial charge in [0.25, 0.3) is 0 Å². The Kier molecular flexibility index (Phi) is 7.32. The van der Waals surface area contributed by atoms with Gasteiger partial charge in [-0.1, -0.05) is 48.5 Å². The second-order valence-electron chi connectivity index (χ2n) is 7.19. The van der Waals surface area contributed by atoms with Crippen LogP contribution in [0.3, 0.4) is 0 Å². The van der Waals surface area contributed by atoms with Crippen LogP contribution >= 0.6 is 0 Å². The van der Waals surface area contributed by atoms with Gasteiger partial charge in [-0.2, -0.15) is 4.72 Å². The number of carbonyl (C=O) groups excluding carboxylic acids is 1. The maximum atomic E-state index is 14.1. The topological polar surface area (TPSA) is 75.3 Å². The zero-order valence-corrected chi connectivity index (χ0v) is 17.9. The van der Waals surface area contributed by atoms with Gasteiger partial charge in [-0.15, -0.1) is 0 Å². The molecule has 2 N–H and O–H groups in total. The van der Waals surface area contributed by atoms with Gasteiger partial charge in [0.2, 0.25) is 15.9 Å². The van der Waals surface area contributed by atoms with E-state index in [1.54, 1.807) is 30.3 Å². The molecule has 0 aromatic heterocycles. The zero-order valence-electron chi connectivity index (χ0n) is 17.1. The smallest absolute Gasteiger partial charge is 0.244 e. The van der Waals surface area contributed by atoms with Crippen molar-refractivity contribution in [3.63, 3.8) is 0 Å². The maximum Gasteiger partial charge on any atom is 0.244 e. The fraction of sp³-hybridized carbons (Fsp3) is 0.174. The Labute approximate surface area is 184 Å². The van der Waals surface area contributed by atoms with E-state index in [4.69, 9.17) is 0 Å². The van der Waals surface area contributed by atoms with Gasteiger partial charge in [0.15, 0.2) is 0 Å². The number of sulfonamides is 1. The van der Waals surface area contributed by atoms with Crippen LogP contribution in [0, 0.1) is 17.5 Å². The summed E-state index contributed by atoms with van der Waals surface area (Å²) in [5.74, 6) is -3.31. The normalized spacial score (nSPS) is 13.4. The van der Waals surface area contributed by atoms with Crippen molar-refractivity contribution in [2.45, 2.75) is 30.3 Å². The molecule has 3 rings (SSSR count). The summed E-state index contributed by atoms with van der Waals surface area (Å²) in [5, 5.41) is 2.54. The Hall–Kier alpha value is -3.17. The molecule has 2 atom stereocenters. The average molecular weight is 462 g/mol. The van der Waals surface area contributed by atoms with E-state index in [-0.39, 0.29) is 12.0 Å². The first kappa shape index (κ1) is 23.5. The highest BCUT2D eigenvalue weighted by Gasteiger charge is 2.29. The Morgan fingerprint density at radius 3 is 2.22 bits per heavy atom. The minimum absolute atomic E-state index is 0.0288. The number of benzene rings is 3. The van der Waals surface area contributed by atoms with E-state index in [1.165, 1.54) is 25.1 Å². The Bertz CT molecular complexity index is 1200. The monoisotopic (exact) mass is 462 g/mol. The summed E-state index contributed by atoms with van der Waals surface area (Å²) < 4.78 is 69.2. The average Bonchev–Trinajstić information content (AvgIpc) is 2.74. The SMILES string of the molecule is CC(NC(=O)[C@H](Cc1ccccc1)NS(=O)(=O)c1ccccc1F)c1ccc(F)cc1F. The largest absolute Gasteiger partial charge is 0.348 e. The molecule has 168 valence electrons. The van der Waals surface area contributed by atoms with Crippen LogP contribution in [0.5, 0.6) is 0 Å². The molecule has 1 unspecified atom stereocenters. The second-order valence-corrected chi connectivity index (χ2v) is 8.87. The lowest BCUT2D eigenvalue weighted by molar-refractivity contribution is -0.123. The number of hydrogen-bond acceptors (Lipinski definition) is 3. The summed E-state index contributed by atoms with van der Waals surface area (Å²) in [6.07, 6.45) is -0.0288. The van der Waals surface area contributed by atoms with Crippen LogP contribution < -0.4 is 10.0 Å². The summed E-state index contributed by atoms with van der Waals surface area (Å²) in [6.45, 7) is 1.49. The van der Waals surface area contributed by atoms with Gasteiger partial charge >= 0.3 is 0 Å². The first-order valence-electron chi connectivity index (χ1n) is 9.73. The third-order valence-electron chi connectivity index (χ3n) is 4.81. The van der Waals surface area contributed by atoms with Crippen molar-refractivity contribution in [3.8, 4) is 0 Å². The fourth-order valence-electron chi connectivity index (χ4n) is 3.20. The lowest BCUT2D eigenvalue weighted by atomic mass is 10.0. The molecule has 0 aliphatic carbocycles. The third kappa shape index (κ3) is 5.74. The Morgan fingerprint density at radius 1 is 0.906 bits per heavy atom. The van der Waals surface area contributed by atoms with Crippen LogP contribution in [0.25, 0.3) is 0 Å². The van der Waals surface area contributed by atoms with E-state index < -0.39 is 50.4 Å². The molecule has 5 nitrogen and oxygen atoms in total. The van der Waals surface area contributed by atoms with Gasteiger partial charge in [0.1, 0.15) is 28.4 Å². The zero-order chi connectivity index (χ0) is 23.3. The highest BCUT2D eigenvalue weighted by molar-refractivity contribution is 7.89. The molecule has 32 heavy (non-hydrogen) atoms. The van der Waals surface area contributed by atoms with Crippen molar-refractivity contribution in [2.75, 3.05) is 0 Å². The molecule has 0 saturated heterocycles. The van der Waals surface area contributed by atoms with Crippen molar-refractivity contribution in [2.24, 2.45) is 0 Å². The fourth-order valence-corrected chi connectivity index (χ4v) is 4.47. The van der Waals surface area contributed by atoms with Crippen molar-refractivity contribution in [1.82, 2.24) is 10.0 Å². The second kappa shape index (κ2) is 9.97. The predicted octanol–water partition coefficient (Wildman–Crippen LogP) is 3.87. The lowest BCUT2D eigenvalue weighted by Gasteiger charge is -2.22. The molecule has 3 aromatic carbocycles. The summed E-state index contributed by atoms with van der Waals surface area (Å²) >= 11 is 0. The summed E-state index contributed by atoms with van der Waals surface area (Å²) in [4.78, 5) is 12.4. The standard InChI is InChI=1S/C23H21F3N2O3S/c1-15(18-12-11-17(24)14-20(18)26)27-23(29)21(13-16-7-3-2-4-8-16)28-32(30,31)22-10-6-5-9-19(22)25/h2-12,14-15,21,28H,13H2,1H3,(H,27,29)/t15?,21-/m0/s1.